The highest BCUT2D eigenvalue weighted by Crippen LogP contribution is 2.36. The van der Waals surface area contributed by atoms with Gasteiger partial charge in [-0.3, -0.25) is 15.1 Å². The molecule has 6 nitrogen and oxygen atoms in total. The van der Waals surface area contributed by atoms with Gasteiger partial charge in [0.05, 0.1) is 19.1 Å². The Morgan fingerprint density at radius 2 is 1.81 bits per heavy atom. The second-order valence-electron chi connectivity index (χ2n) is 8.43. The lowest BCUT2D eigenvalue weighted by molar-refractivity contribution is -0.120. The predicted octanol–water partition coefficient (Wildman–Crippen LogP) is 3.15. The molecule has 0 aromatic heterocycles. The van der Waals surface area contributed by atoms with Crippen molar-refractivity contribution in [3.63, 3.8) is 0 Å². The van der Waals surface area contributed by atoms with Gasteiger partial charge in [-0.05, 0) is 49.1 Å². The zero-order valence-corrected chi connectivity index (χ0v) is 18.1. The maximum absolute atomic E-state index is 13.5. The molecule has 4 rings (SSSR count). The fraction of sp³-hybridized carbons (Fsp3) is 0.440. The first-order chi connectivity index (χ1) is 15.1. The molecule has 0 bridgehead atoms. The zero-order valence-electron chi connectivity index (χ0n) is 18.1. The van der Waals surface area contributed by atoms with Crippen molar-refractivity contribution in [2.75, 3.05) is 44.3 Å². The van der Waals surface area contributed by atoms with Gasteiger partial charge in [0, 0.05) is 30.9 Å². The maximum atomic E-state index is 13.5. The molecule has 1 unspecified atom stereocenters. The van der Waals surface area contributed by atoms with Crippen LogP contribution in [0.3, 0.4) is 0 Å². The number of carbonyl (C=O) groups is 1. The normalized spacial score (nSPS) is 19.3. The number of amidine groups is 1. The lowest BCUT2D eigenvalue weighted by Gasteiger charge is -2.34. The van der Waals surface area contributed by atoms with Gasteiger partial charge >= 0.3 is 0 Å². The number of fused-ring (bicyclic) bond motifs is 1. The number of benzene rings is 2. The van der Waals surface area contributed by atoms with Gasteiger partial charge in [0.25, 0.3) is 0 Å². The van der Waals surface area contributed by atoms with Crippen molar-refractivity contribution in [3.05, 3.63) is 65.2 Å². The van der Waals surface area contributed by atoms with Gasteiger partial charge in [0.15, 0.2) is 0 Å². The first-order valence-corrected chi connectivity index (χ1v) is 11.3. The summed E-state index contributed by atoms with van der Waals surface area (Å²) < 4.78 is 5.41. The second-order valence-corrected chi connectivity index (χ2v) is 8.43. The summed E-state index contributed by atoms with van der Waals surface area (Å²) in [6.45, 7) is 5.57. The molecule has 0 saturated carbocycles. The van der Waals surface area contributed by atoms with Crippen LogP contribution in [-0.4, -0.2) is 56.0 Å². The molecular formula is C25H32N4O2. The third-order valence-corrected chi connectivity index (χ3v) is 6.33. The van der Waals surface area contributed by atoms with E-state index in [0.29, 0.717) is 12.0 Å². The molecule has 2 aliphatic rings. The van der Waals surface area contributed by atoms with E-state index in [1.807, 2.05) is 41.3 Å². The Hall–Kier alpha value is -2.70. The van der Waals surface area contributed by atoms with Crippen molar-refractivity contribution in [1.29, 1.82) is 5.41 Å². The minimum Gasteiger partial charge on any atom is -0.384 e. The number of carbonyl (C=O) groups excluding carboxylic acids is 1. The topological polar surface area (TPSA) is 82.7 Å². The van der Waals surface area contributed by atoms with Crippen LogP contribution in [0.4, 0.5) is 5.69 Å². The van der Waals surface area contributed by atoms with Gasteiger partial charge in [0.2, 0.25) is 5.91 Å². The van der Waals surface area contributed by atoms with E-state index in [9.17, 15) is 4.79 Å². The van der Waals surface area contributed by atoms with Gasteiger partial charge in [-0.15, -0.1) is 0 Å². The Morgan fingerprint density at radius 1 is 1.03 bits per heavy atom. The molecule has 3 N–H and O–H groups in total. The van der Waals surface area contributed by atoms with Crippen molar-refractivity contribution in [2.45, 2.75) is 31.6 Å². The van der Waals surface area contributed by atoms with E-state index in [0.717, 1.165) is 69.9 Å². The summed E-state index contributed by atoms with van der Waals surface area (Å²) in [5, 5.41) is 7.73. The molecule has 164 valence electrons. The Bertz CT molecular complexity index is 923. The van der Waals surface area contributed by atoms with Gasteiger partial charge in [0.1, 0.15) is 5.84 Å². The number of nitrogens with two attached hydrogens (primary N) is 1. The number of para-hydroxylation sites is 1. The van der Waals surface area contributed by atoms with Crippen LogP contribution in [0.25, 0.3) is 0 Å². The molecule has 31 heavy (non-hydrogen) atoms. The number of nitrogens with zero attached hydrogens (tertiary/aromatic N) is 2. The van der Waals surface area contributed by atoms with Crippen LogP contribution in [0.1, 0.15) is 41.9 Å². The second kappa shape index (κ2) is 10.1. The van der Waals surface area contributed by atoms with Crippen LogP contribution in [0, 0.1) is 5.41 Å². The van der Waals surface area contributed by atoms with Gasteiger partial charge in [-0.1, -0.05) is 42.8 Å². The van der Waals surface area contributed by atoms with Crippen molar-refractivity contribution in [3.8, 4) is 0 Å². The van der Waals surface area contributed by atoms with E-state index < -0.39 is 0 Å². The largest absolute Gasteiger partial charge is 0.384 e. The van der Waals surface area contributed by atoms with Crippen LogP contribution >= 0.6 is 0 Å². The minimum atomic E-state index is -0.234. The molecule has 0 spiro atoms. The number of unbranched alkanes of at least 4 members (excludes halogenated alkanes) is 2. The molecule has 1 saturated heterocycles. The highest BCUT2D eigenvalue weighted by Gasteiger charge is 2.33. The maximum Gasteiger partial charge on any atom is 0.234 e. The molecular weight excluding hydrogens is 388 g/mol. The Balaban J connectivity index is 1.43. The monoisotopic (exact) mass is 420 g/mol. The van der Waals surface area contributed by atoms with E-state index in [-0.39, 0.29) is 17.7 Å². The molecule has 1 atom stereocenters. The summed E-state index contributed by atoms with van der Waals surface area (Å²) in [5.41, 5.74) is 9.52. The van der Waals surface area contributed by atoms with E-state index in [2.05, 4.69) is 17.0 Å². The summed E-state index contributed by atoms with van der Waals surface area (Å²) in [7, 11) is 0. The standard InChI is InChI=1S/C25H32N4O2/c26-24(27)21-9-6-8-19(17-21)22-18-20-7-2-3-10-23(20)29(25(22)30)12-5-1-4-11-28-13-15-31-16-14-28/h2-3,6-10,17,22H,1,4-5,11-16,18H2,(H3,26,27). The first-order valence-electron chi connectivity index (χ1n) is 11.3. The smallest absolute Gasteiger partial charge is 0.234 e. The fourth-order valence-corrected chi connectivity index (χ4v) is 4.58. The Labute approximate surface area is 184 Å². The SMILES string of the molecule is N=C(N)c1cccc(C2Cc3ccccc3N(CCCCCN3CCOCC3)C2=O)c1. The third-order valence-electron chi connectivity index (χ3n) is 6.33. The number of hydrogen-bond acceptors (Lipinski definition) is 4. The quantitative estimate of drug-likeness (QED) is 0.390. The van der Waals surface area contributed by atoms with Crippen molar-refractivity contribution in [2.24, 2.45) is 5.73 Å². The number of hydrogen-bond donors (Lipinski definition) is 2. The number of morpholine rings is 1. The molecule has 2 aromatic carbocycles. The number of amides is 1. The Kier molecular flexibility index (Phi) is 6.99. The van der Waals surface area contributed by atoms with Gasteiger partial charge in [-0.2, -0.15) is 0 Å². The van der Waals surface area contributed by atoms with Gasteiger partial charge < -0.3 is 15.4 Å². The van der Waals surface area contributed by atoms with E-state index in [1.54, 1.807) is 0 Å². The van der Waals surface area contributed by atoms with Crippen molar-refractivity contribution >= 4 is 17.4 Å². The van der Waals surface area contributed by atoms with E-state index in [4.69, 9.17) is 15.9 Å². The number of rotatable bonds is 8. The molecule has 6 heteroatoms. The number of nitrogens with one attached hydrogen (secondary N) is 1. The molecule has 2 aliphatic heterocycles. The molecule has 2 heterocycles. The summed E-state index contributed by atoms with van der Waals surface area (Å²) in [6.07, 6.45) is 3.93. The lowest BCUT2D eigenvalue weighted by atomic mass is 9.85. The molecule has 0 aliphatic carbocycles. The van der Waals surface area contributed by atoms with Crippen molar-refractivity contribution < 1.29 is 9.53 Å². The van der Waals surface area contributed by atoms with Crippen LogP contribution in [0.15, 0.2) is 48.5 Å². The van der Waals surface area contributed by atoms with Crippen LogP contribution < -0.4 is 10.6 Å². The van der Waals surface area contributed by atoms with Crippen LogP contribution in [-0.2, 0) is 16.0 Å². The average molecular weight is 421 g/mol. The number of ether oxygens (including phenoxy) is 1. The number of nitrogen functional groups attached to an aromatic ring is 1. The zero-order chi connectivity index (χ0) is 21.6. The minimum absolute atomic E-state index is 0.0302. The van der Waals surface area contributed by atoms with Crippen LogP contribution in [0.5, 0.6) is 0 Å². The third kappa shape index (κ3) is 5.14. The summed E-state index contributed by atoms with van der Waals surface area (Å²) >= 11 is 0. The fourth-order valence-electron chi connectivity index (χ4n) is 4.58. The highest BCUT2D eigenvalue weighted by molar-refractivity contribution is 6.01. The molecule has 1 amide bonds. The number of anilines is 1. The molecule has 1 fully saturated rings. The first kappa shape index (κ1) is 21.5. The van der Waals surface area contributed by atoms with E-state index >= 15 is 0 Å². The highest BCUT2D eigenvalue weighted by atomic mass is 16.5. The Morgan fingerprint density at radius 3 is 2.61 bits per heavy atom. The summed E-state index contributed by atoms with van der Waals surface area (Å²) in [5.74, 6) is -0.0576. The van der Waals surface area contributed by atoms with E-state index in [1.165, 1.54) is 5.56 Å². The van der Waals surface area contributed by atoms with Crippen LogP contribution in [0.2, 0.25) is 0 Å². The van der Waals surface area contributed by atoms with Gasteiger partial charge in [-0.25, -0.2) is 0 Å². The predicted molar refractivity (Wildman–Crippen MR) is 124 cm³/mol. The molecule has 2 aromatic rings. The lowest BCUT2D eigenvalue weighted by Crippen LogP contribution is -2.41. The van der Waals surface area contributed by atoms with Crippen molar-refractivity contribution in [1.82, 2.24) is 4.90 Å². The summed E-state index contributed by atoms with van der Waals surface area (Å²) in [6, 6.07) is 15.8. The average Bonchev–Trinajstić information content (AvgIpc) is 2.80. The summed E-state index contributed by atoms with van der Waals surface area (Å²) in [4.78, 5) is 17.9. The molecule has 0 radical (unpaired) electrons.